The molecule has 0 fully saturated rings. The van der Waals surface area contributed by atoms with E-state index in [1.165, 1.54) is 11.3 Å². The van der Waals surface area contributed by atoms with Gasteiger partial charge < -0.3 is 0 Å². The van der Waals surface area contributed by atoms with Crippen LogP contribution < -0.4 is 0 Å². The van der Waals surface area contributed by atoms with E-state index >= 15 is 0 Å². The molecule has 0 amide bonds. The first-order chi connectivity index (χ1) is 14.1. The highest BCUT2D eigenvalue weighted by molar-refractivity contribution is 7.91. The van der Waals surface area contributed by atoms with Crippen molar-refractivity contribution in [3.63, 3.8) is 0 Å². The first-order valence-corrected chi connectivity index (χ1v) is 11.2. The second-order valence-electron chi connectivity index (χ2n) is 6.42. The number of benzene rings is 3. The highest BCUT2D eigenvalue weighted by Crippen LogP contribution is 2.34. The molecule has 0 unspecified atom stereocenters. The van der Waals surface area contributed by atoms with Crippen molar-refractivity contribution in [3.05, 3.63) is 91.1 Å². The molecule has 0 saturated carbocycles. The summed E-state index contributed by atoms with van der Waals surface area (Å²) in [5.74, 6) is 0. The Labute approximate surface area is 171 Å². The maximum Gasteiger partial charge on any atom is 0.208 e. The van der Waals surface area contributed by atoms with Crippen molar-refractivity contribution in [1.82, 2.24) is 14.8 Å². The van der Waals surface area contributed by atoms with E-state index in [0.717, 1.165) is 10.4 Å². The molecule has 0 aliphatic carbocycles. The zero-order valence-electron chi connectivity index (χ0n) is 15.1. The van der Waals surface area contributed by atoms with E-state index in [1.807, 2.05) is 48.7 Å². The third-order valence-corrected chi connectivity index (χ3v) is 7.40. The summed E-state index contributed by atoms with van der Waals surface area (Å²) in [5, 5.41) is 5.30. The van der Waals surface area contributed by atoms with Crippen molar-refractivity contribution in [2.75, 3.05) is 0 Å². The Balaban J connectivity index is 1.61. The van der Waals surface area contributed by atoms with Gasteiger partial charge in [-0.3, -0.25) is 0 Å². The lowest BCUT2D eigenvalue weighted by Crippen LogP contribution is -2.02. The summed E-state index contributed by atoms with van der Waals surface area (Å²) in [4.78, 5) is 5.12. The molecule has 0 spiro atoms. The maximum absolute atomic E-state index is 13.1. The molecule has 0 N–H and O–H groups in total. The fourth-order valence-corrected chi connectivity index (χ4v) is 5.60. The molecule has 2 heterocycles. The zero-order chi connectivity index (χ0) is 19.8. The van der Waals surface area contributed by atoms with Gasteiger partial charge in [-0.1, -0.05) is 42.5 Å². The summed E-state index contributed by atoms with van der Waals surface area (Å²) in [5.41, 5.74) is 2.14. The smallest absolute Gasteiger partial charge is 0.208 e. The second-order valence-corrected chi connectivity index (χ2v) is 9.37. The van der Waals surface area contributed by atoms with Gasteiger partial charge in [0, 0.05) is 6.20 Å². The molecule has 2 aromatic heterocycles. The molecular weight excluding hydrogens is 402 g/mol. The summed E-state index contributed by atoms with van der Waals surface area (Å²) in [6.07, 6.45) is 1.87. The maximum atomic E-state index is 13.1. The van der Waals surface area contributed by atoms with Crippen LogP contribution >= 0.6 is 11.3 Å². The predicted molar refractivity (Wildman–Crippen MR) is 114 cm³/mol. The Morgan fingerprint density at radius 2 is 1.52 bits per heavy atom. The normalized spacial score (nSPS) is 11.7. The average Bonchev–Trinajstić information content (AvgIpc) is 3.42. The molecule has 5 rings (SSSR count). The molecule has 5 aromatic rings. The Bertz CT molecular complexity index is 1410. The van der Waals surface area contributed by atoms with E-state index in [4.69, 9.17) is 0 Å². The summed E-state index contributed by atoms with van der Waals surface area (Å²) < 4.78 is 28.8. The van der Waals surface area contributed by atoms with Crippen LogP contribution in [-0.2, 0) is 9.84 Å². The number of aromatic nitrogens is 3. The van der Waals surface area contributed by atoms with E-state index < -0.39 is 9.84 Å². The summed E-state index contributed by atoms with van der Waals surface area (Å²) in [6.45, 7) is 0. The molecule has 0 saturated heterocycles. The van der Waals surface area contributed by atoms with E-state index in [2.05, 4.69) is 10.1 Å². The lowest BCUT2D eigenvalue weighted by atomic mass is 10.3. The third kappa shape index (κ3) is 3.14. The van der Waals surface area contributed by atoms with Gasteiger partial charge >= 0.3 is 0 Å². The molecular formula is C22H15N3O2S2. The monoisotopic (exact) mass is 417 g/mol. The van der Waals surface area contributed by atoms with Crippen molar-refractivity contribution >= 4 is 31.4 Å². The molecule has 5 nitrogen and oxygen atoms in total. The minimum Gasteiger partial charge on any atom is -0.240 e. The largest absolute Gasteiger partial charge is 0.240 e. The summed E-state index contributed by atoms with van der Waals surface area (Å²) in [7, 11) is -3.65. The van der Waals surface area contributed by atoms with Gasteiger partial charge in [0.05, 0.1) is 20.2 Å². The standard InChI is InChI=1S/C22H15N3O2S2/c26-29(27,17-10-5-2-6-11-17)20-13-7-12-19-21(20)23-22(28-19)18-14-15-25(24-18)16-8-3-1-4-9-16/h1-15H. The molecule has 3 aromatic carbocycles. The minimum absolute atomic E-state index is 0.214. The molecule has 29 heavy (non-hydrogen) atoms. The van der Waals surface area contributed by atoms with Crippen LogP contribution in [-0.4, -0.2) is 23.2 Å². The number of nitrogens with zero attached hydrogens (tertiary/aromatic N) is 3. The van der Waals surface area contributed by atoms with Gasteiger partial charge in [-0.2, -0.15) is 5.10 Å². The topological polar surface area (TPSA) is 64.8 Å². The van der Waals surface area contributed by atoms with Gasteiger partial charge in [0.15, 0.2) is 0 Å². The van der Waals surface area contributed by atoms with Gasteiger partial charge in [-0.25, -0.2) is 18.1 Å². The Kier molecular flexibility index (Phi) is 4.26. The molecule has 0 aliphatic heterocycles. The quantitative estimate of drug-likeness (QED) is 0.414. The van der Waals surface area contributed by atoms with Crippen LogP contribution in [0.1, 0.15) is 0 Å². The van der Waals surface area contributed by atoms with Crippen molar-refractivity contribution < 1.29 is 8.42 Å². The lowest BCUT2D eigenvalue weighted by molar-refractivity contribution is 0.597. The van der Waals surface area contributed by atoms with Crippen LogP contribution in [0.4, 0.5) is 0 Å². The van der Waals surface area contributed by atoms with Gasteiger partial charge in [-0.05, 0) is 42.5 Å². The van der Waals surface area contributed by atoms with Gasteiger partial charge in [0.2, 0.25) is 9.84 Å². The molecule has 0 bridgehead atoms. The number of rotatable bonds is 4. The predicted octanol–water partition coefficient (Wildman–Crippen LogP) is 4.98. The highest BCUT2D eigenvalue weighted by Gasteiger charge is 2.23. The Morgan fingerprint density at radius 3 is 2.28 bits per heavy atom. The number of fused-ring (bicyclic) bond motifs is 1. The summed E-state index contributed by atoms with van der Waals surface area (Å²) >= 11 is 1.43. The van der Waals surface area contributed by atoms with Crippen molar-refractivity contribution in [2.24, 2.45) is 0 Å². The number of hydrogen-bond donors (Lipinski definition) is 0. The summed E-state index contributed by atoms with van der Waals surface area (Å²) in [6, 6.07) is 25.4. The van der Waals surface area contributed by atoms with Crippen molar-refractivity contribution in [3.8, 4) is 16.4 Å². The molecule has 0 radical (unpaired) electrons. The molecule has 142 valence electrons. The lowest BCUT2D eigenvalue weighted by Gasteiger charge is -2.04. The fraction of sp³-hybridized carbons (Fsp3) is 0. The van der Waals surface area contributed by atoms with Crippen LogP contribution in [0.25, 0.3) is 26.6 Å². The minimum atomic E-state index is -3.65. The second kappa shape index (κ2) is 6.95. The van der Waals surface area contributed by atoms with Gasteiger partial charge in [0.25, 0.3) is 0 Å². The van der Waals surface area contributed by atoms with Crippen LogP contribution in [0.5, 0.6) is 0 Å². The number of hydrogen-bond acceptors (Lipinski definition) is 5. The third-order valence-electron chi connectivity index (χ3n) is 4.55. The Morgan fingerprint density at radius 1 is 0.793 bits per heavy atom. The van der Waals surface area contributed by atoms with Gasteiger partial charge in [0.1, 0.15) is 16.2 Å². The first kappa shape index (κ1) is 17.8. The van der Waals surface area contributed by atoms with Crippen molar-refractivity contribution in [1.29, 1.82) is 0 Å². The van der Waals surface area contributed by atoms with Crippen LogP contribution in [0, 0.1) is 0 Å². The molecule has 7 heteroatoms. The molecule has 0 aliphatic rings. The van der Waals surface area contributed by atoms with Gasteiger partial charge in [-0.15, -0.1) is 11.3 Å². The first-order valence-electron chi connectivity index (χ1n) is 8.94. The Hall–Kier alpha value is -3.29. The number of para-hydroxylation sites is 2. The van der Waals surface area contributed by atoms with E-state index in [0.29, 0.717) is 16.2 Å². The van der Waals surface area contributed by atoms with Crippen LogP contribution in [0.2, 0.25) is 0 Å². The SMILES string of the molecule is O=S(=O)(c1ccccc1)c1cccc2sc(-c3ccn(-c4ccccc4)n3)nc12. The highest BCUT2D eigenvalue weighted by atomic mass is 32.2. The van der Waals surface area contributed by atoms with Crippen LogP contribution in [0.15, 0.2) is 101 Å². The van der Waals surface area contributed by atoms with E-state index in [1.54, 1.807) is 47.1 Å². The molecule has 0 atom stereocenters. The van der Waals surface area contributed by atoms with Crippen molar-refractivity contribution in [2.45, 2.75) is 9.79 Å². The zero-order valence-corrected chi connectivity index (χ0v) is 16.8. The fourth-order valence-electron chi connectivity index (χ4n) is 3.14. The average molecular weight is 418 g/mol. The van der Waals surface area contributed by atoms with Crippen LogP contribution in [0.3, 0.4) is 0 Å². The van der Waals surface area contributed by atoms with E-state index in [9.17, 15) is 8.42 Å². The van der Waals surface area contributed by atoms with E-state index in [-0.39, 0.29) is 9.79 Å². The number of sulfone groups is 1. The number of thiazole rings is 1.